The number of allylic oxidation sites excluding steroid dienone is 1. The van der Waals surface area contributed by atoms with Gasteiger partial charge in [0.2, 0.25) is 0 Å². The summed E-state index contributed by atoms with van der Waals surface area (Å²) in [6.07, 6.45) is 2.20. The number of nitrogens with two attached hydrogens (primary N) is 1. The number of esters is 1. The summed E-state index contributed by atoms with van der Waals surface area (Å²) in [5, 5.41) is 0.0972. The summed E-state index contributed by atoms with van der Waals surface area (Å²) >= 11 is 12.2. The minimum atomic E-state index is -1.53. The fraction of sp³-hybridized carbons (Fsp3) is 0.423. The van der Waals surface area contributed by atoms with Crippen LogP contribution in [0.2, 0.25) is 10.0 Å². The molecule has 0 aliphatic carbocycles. The van der Waals surface area contributed by atoms with Crippen LogP contribution in [-0.4, -0.2) is 28.7 Å². The van der Waals surface area contributed by atoms with E-state index in [-0.39, 0.29) is 21.2 Å². The molecule has 2 aromatic rings. The Morgan fingerprint density at radius 2 is 1.91 bits per heavy atom. The van der Waals surface area contributed by atoms with Gasteiger partial charge >= 0.3 is 5.97 Å². The monoisotopic (exact) mass is 508 g/mol. The van der Waals surface area contributed by atoms with E-state index in [0.29, 0.717) is 6.42 Å². The van der Waals surface area contributed by atoms with Crippen molar-refractivity contribution in [1.29, 1.82) is 0 Å². The highest BCUT2D eigenvalue weighted by molar-refractivity contribution is 6.31. The number of halogens is 4. The van der Waals surface area contributed by atoms with Gasteiger partial charge in [-0.2, -0.15) is 0 Å². The Hall–Kier alpha value is -1.99. The molecule has 0 aromatic heterocycles. The second-order valence-corrected chi connectivity index (χ2v) is 11.2. The third kappa shape index (κ3) is 3.76. The average molecular weight is 509 g/mol. The number of fused-ring (bicyclic) bond motifs is 1. The molecule has 4 nitrogen and oxygen atoms in total. The Labute approximate surface area is 208 Å². The second-order valence-electron chi connectivity index (χ2n) is 10.3. The standard InChI is InChI=1S/C26H28Cl2F2N2O2/c1-6-24(2,3)13-19-26(31,16-11-10-14(27)12-18(16)29)20(15-8-7-9-17(28)21(15)30)22-23(33)34-25(4,5)32(19)22/h6-12,19-20,22H,1,13,31H2,2-5H3. The molecule has 8 heteroatoms. The molecular weight excluding hydrogens is 481 g/mol. The van der Waals surface area contributed by atoms with Crippen molar-refractivity contribution in [1.82, 2.24) is 4.90 Å². The zero-order valence-corrected chi connectivity index (χ0v) is 21.1. The van der Waals surface area contributed by atoms with Crippen molar-refractivity contribution in [3.63, 3.8) is 0 Å². The molecule has 0 radical (unpaired) electrons. The van der Waals surface area contributed by atoms with Gasteiger partial charge < -0.3 is 10.5 Å². The number of hydrogen-bond donors (Lipinski definition) is 1. The van der Waals surface area contributed by atoms with Crippen molar-refractivity contribution in [3.05, 3.63) is 81.9 Å². The van der Waals surface area contributed by atoms with Crippen LogP contribution < -0.4 is 5.73 Å². The summed E-state index contributed by atoms with van der Waals surface area (Å²) in [5.74, 6) is -2.85. The van der Waals surface area contributed by atoms with E-state index in [0.717, 1.165) is 0 Å². The lowest BCUT2D eigenvalue weighted by molar-refractivity contribution is -0.152. The first-order chi connectivity index (χ1) is 15.7. The number of ether oxygens (including phenoxy) is 1. The van der Waals surface area contributed by atoms with Crippen LogP contribution >= 0.6 is 23.2 Å². The number of benzene rings is 2. The fourth-order valence-electron chi connectivity index (χ4n) is 5.60. The molecule has 2 aromatic carbocycles. The Balaban J connectivity index is 2.07. The topological polar surface area (TPSA) is 55.6 Å². The molecule has 2 aliphatic heterocycles. The Morgan fingerprint density at radius 1 is 1.24 bits per heavy atom. The largest absolute Gasteiger partial charge is 0.443 e. The van der Waals surface area contributed by atoms with Crippen molar-refractivity contribution in [2.24, 2.45) is 11.1 Å². The van der Waals surface area contributed by atoms with Gasteiger partial charge in [-0.05, 0) is 49.4 Å². The van der Waals surface area contributed by atoms with Gasteiger partial charge in [0.1, 0.15) is 17.7 Å². The smallest absolute Gasteiger partial charge is 0.325 e. The maximum absolute atomic E-state index is 15.5. The molecule has 34 heavy (non-hydrogen) atoms. The molecule has 4 unspecified atom stereocenters. The van der Waals surface area contributed by atoms with Gasteiger partial charge in [0.15, 0.2) is 5.72 Å². The van der Waals surface area contributed by atoms with Crippen molar-refractivity contribution >= 4 is 29.2 Å². The van der Waals surface area contributed by atoms with E-state index in [1.165, 1.54) is 18.2 Å². The minimum Gasteiger partial charge on any atom is -0.443 e. The van der Waals surface area contributed by atoms with Crippen molar-refractivity contribution in [2.75, 3.05) is 0 Å². The normalized spacial score (nSPS) is 28.6. The van der Waals surface area contributed by atoms with E-state index in [9.17, 15) is 4.79 Å². The Kier molecular flexibility index (Phi) is 6.13. The van der Waals surface area contributed by atoms with Crippen LogP contribution in [0.15, 0.2) is 49.1 Å². The summed E-state index contributed by atoms with van der Waals surface area (Å²) < 4.78 is 36.8. The summed E-state index contributed by atoms with van der Waals surface area (Å²) in [4.78, 5) is 15.1. The molecule has 0 spiro atoms. The highest BCUT2D eigenvalue weighted by Crippen LogP contribution is 2.58. The van der Waals surface area contributed by atoms with Crippen LogP contribution in [0.3, 0.4) is 0 Å². The first-order valence-electron chi connectivity index (χ1n) is 11.1. The summed E-state index contributed by atoms with van der Waals surface area (Å²) in [6, 6.07) is 7.22. The lowest BCUT2D eigenvalue weighted by Crippen LogP contribution is -2.57. The van der Waals surface area contributed by atoms with E-state index >= 15 is 8.78 Å². The van der Waals surface area contributed by atoms with Gasteiger partial charge in [-0.25, -0.2) is 13.7 Å². The molecular formula is C26H28Cl2F2N2O2. The van der Waals surface area contributed by atoms with Crippen LogP contribution in [-0.2, 0) is 15.1 Å². The number of nitrogens with zero attached hydrogens (tertiary/aromatic N) is 1. The number of rotatable bonds is 5. The van der Waals surface area contributed by atoms with Gasteiger partial charge in [-0.15, -0.1) is 6.58 Å². The van der Waals surface area contributed by atoms with Crippen LogP contribution in [0.1, 0.15) is 51.2 Å². The van der Waals surface area contributed by atoms with E-state index in [1.807, 2.05) is 18.7 Å². The summed E-state index contributed by atoms with van der Waals surface area (Å²) in [5.41, 5.74) is 4.49. The molecule has 0 saturated carbocycles. The number of carbonyl (C=O) groups excluding carboxylic acids is 1. The predicted octanol–water partition coefficient (Wildman–Crippen LogP) is 6.16. The van der Waals surface area contributed by atoms with E-state index in [1.54, 1.807) is 38.1 Å². The SMILES string of the molecule is C=CC(C)(C)CC1N2C(C(=O)OC2(C)C)C(c2cccc(Cl)c2F)C1(N)c1ccc(Cl)cc1F. The maximum Gasteiger partial charge on any atom is 0.325 e. The van der Waals surface area contributed by atoms with Crippen LogP contribution in [0.5, 0.6) is 0 Å². The maximum atomic E-state index is 15.5. The highest BCUT2D eigenvalue weighted by Gasteiger charge is 2.69. The number of cyclic esters (lactones) is 1. The van der Waals surface area contributed by atoms with E-state index < -0.39 is 52.3 Å². The zero-order valence-electron chi connectivity index (χ0n) is 19.5. The predicted molar refractivity (Wildman–Crippen MR) is 130 cm³/mol. The molecule has 2 heterocycles. The van der Waals surface area contributed by atoms with Crippen molar-refractivity contribution in [2.45, 2.75) is 63.4 Å². The second kappa shape index (κ2) is 8.30. The molecule has 2 saturated heterocycles. The van der Waals surface area contributed by atoms with Crippen LogP contribution in [0.25, 0.3) is 0 Å². The first kappa shape index (κ1) is 25.1. The quantitative estimate of drug-likeness (QED) is 0.388. The van der Waals surface area contributed by atoms with Crippen molar-refractivity contribution in [3.8, 4) is 0 Å². The number of carbonyl (C=O) groups is 1. The minimum absolute atomic E-state index is 0.108. The van der Waals surface area contributed by atoms with E-state index in [2.05, 4.69) is 6.58 Å². The Morgan fingerprint density at radius 3 is 2.53 bits per heavy atom. The van der Waals surface area contributed by atoms with Gasteiger partial charge in [0, 0.05) is 22.5 Å². The van der Waals surface area contributed by atoms with Crippen LogP contribution in [0, 0.1) is 17.0 Å². The lowest BCUT2D eigenvalue weighted by Gasteiger charge is -2.44. The molecule has 4 atom stereocenters. The summed E-state index contributed by atoms with van der Waals surface area (Å²) in [7, 11) is 0. The molecule has 0 bridgehead atoms. The molecule has 2 N–H and O–H groups in total. The Bertz CT molecular complexity index is 1170. The van der Waals surface area contributed by atoms with E-state index in [4.69, 9.17) is 33.7 Å². The third-order valence-corrected chi connectivity index (χ3v) is 7.74. The first-order valence-corrected chi connectivity index (χ1v) is 11.8. The van der Waals surface area contributed by atoms with Gasteiger partial charge in [0.05, 0.1) is 10.6 Å². The van der Waals surface area contributed by atoms with Crippen LogP contribution in [0.4, 0.5) is 8.78 Å². The van der Waals surface area contributed by atoms with Crippen molar-refractivity contribution < 1.29 is 18.3 Å². The van der Waals surface area contributed by atoms with Gasteiger partial charge in [0.25, 0.3) is 0 Å². The molecule has 0 amide bonds. The number of hydrogen-bond acceptors (Lipinski definition) is 4. The average Bonchev–Trinajstić information content (AvgIpc) is 3.12. The fourth-order valence-corrected chi connectivity index (χ4v) is 5.94. The third-order valence-electron chi connectivity index (χ3n) is 7.22. The lowest BCUT2D eigenvalue weighted by atomic mass is 9.68. The van der Waals surface area contributed by atoms with Gasteiger partial charge in [-0.1, -0.05) is 61.3 Å². The zero-order chi connectivity index (χ0) is 25.2. The molecule has 182 valence electrons. The van der Waals surface area contributed by atoms with Gasteiger partial charge in [-0.3, -0.25) is 4.79 Å². The highest BCUT2D eigenvalue weighted by atomic mass is 35.5. The summed E-state index contributed by atoms with van der Waals surface area (Å²) in [6.45, 7) is 11.4. The molecule has 4 rings (SSSR count). The molecule has 2 fully saturated rings. The molecule has 2 aliphatic rings.